The average Bonchev–Trinajstić information content (AvgIpc) is 3.31. The number of aliphatic hydroxyl groups excluding tert-OH is 1. The zero-order valence-corrected chi connectivity index (χ0v) is 22.4. The van der Waals surface area contributed by atoms with Crippen LogP contribution in [0.5, 0.6) is 5.75 Å². The molecule has 202 valence electrons. The first-order valence-electron chi connectivity index (χ1n) is 12.4. The van der Waals surface area contributed by atoms with E-state index >= 15 is 0 Å². The van der Waals surface area contributed by atoms with E-state index in [-0.39, 0.29) is 34.4 Å². The Morgan fingerprint density at radius 1 is 1.16 bits per heavy atom. The molecule has 0 bridgehead atoms. The van der Waals surface area contributed by atoms with Crippen LogP contribution in [-0.4, -0.2) is 87.8 Å². The summed E-state index contributed by atoms with van der Waals surface area (Å²) in [4.78, 5) is 35.4. The van der Waals surface area contributed by atoms with Crippen molar-refractivity contribution in [2.75, 3.05) is 45.9 Å². The van der Waals surface area contributed by atoms with Crippen molar-refractivity contribution in [2.24, 2.45) is 13.0 Å². The molecule has 3 aromatic rings. The molecule has 1 aliphatic rings. The van der Waals surface area contributed by atoms with E-state index in [2.05, 4.69) is 9.97 Å². The first-order valence-corrected chi connectivity index (χ1v) is 13.8. The lowest BCUT2D eigenvalue weighted by Crippen LogP contribution is -2.49. The minimum atomic E-state index is -3.81. The lowest BCUT2D eigenvalue weighted by molar-refractivity contribution is 0.151. The van der Waals surface area contributed by atoms with Crippen LogP contribution < -0.4 is 16.0 Å². The summed E-state index contributed by atoms with van der Waals surface area (Å²) in [6.07, 6.45) is 0. The molecule has 2 N–H and O–H groups in total. The van der Waals surface area contributed by atoms with Gasteiger partial charge in [0.05, 0.1) is 23.7 Å². The largest absolute Gasteiger partial charge is 0.493 e. The number of H-pyrrole nitrogens is 1. The molecule has 0 aliphatic carbocycles. The summed E-state index contributed by atoms with van der Waals surface area (Å²) in [5.74, 6) is 0.773. The number of rotatable bonds is 9. The van der Waals surface area contributed by atoms with Gasteiger partial charge < -0.3 is 14.8 Å². The molecule has 0 amide bonds. The fourth-order valence-corrected chi connectivity index (χ4v) is 5.96. The van der Waals surface area contributed by atoms with Gasteiger partial charge >= 0.3 is 5.69 Å². The summed E-state index contributed by atoms with van der Waals surface area (Å²) in [6, 6.07) is 4.58. The lowest BCUT2D eigenvalue weighted by Gasteiger charge is -2.33. The van der Waals surface area contributed by atoms with E-state index in [9.17, 15) is 18.0 Å². The highest BCUT2D eigenvalue weighted by Gasteiger charge is 2.29. The van der Waals surface area contributed by atoms with Crippen LogP contribution in [0.2, 0.25) is 0 Å². The van der Waals surface area contributed by atoms with E-state index in [0.29, 0.717) is 57.2 Å². The van der Waals surface area contributed by atoms with Gasteiger partial charge in [-0.25, -0.2) is 18.2 Å². The standard InChI is InChI=1S/C24H34N6O6S/c1-5-36-19-7-6-17(37(34,35)29-10-8-28(9-11-29)12-13-31)14-18(19)21-25-20-22(26-21)30(15-16(2)3)24(33)27(4)23(20)32/h6-7,14,16,31H,5,8-13,15H2,1-4H3,(H,25,26). The third-order valence-corrected chi connectivity index (χ3v) is 8.31. The van der Waals surface area contributed by atoms with Gasteiger partial charge in [-0.3, -0.25) is 18.8 Å². The molecule has 1 aliphatic heterocycles. The SMILES string of the molecule is CCOc1ccc(S(=O)(=O)N2CCN(CCO)CC2)cc1-c1nc2c([nH]1)c(=O)n(C)c(=O)n2CC(C)C. The summed E-state index contributed by atoms with van der Waals surface area (Å²) in [5, 5.41) is 9.16. The maximum Gasteiger partial charge on any atom is 0.332 e. The van der Waals surface area contributed by atoms with Crippen molar-refractivity contribution in [3.63, 3.8) is 0 Å². The smallest absolute Gasteiger partial charge is 0.332 e. The van der Waals surface area contributed by atoms with Gasteiger partial charge in [-0.05, 0) is 31.0 Å². The van der Waals surface area contributed by atoms with Gasteiger partial charge in [0.2, 0.25) is 10.0 Å². The van der Waals surface area contributed by atoms with E-state index in [1.54, 1.807) is 6.07 Å². The molecular formula is C24H34N6O6S. The Labute approximate surface area is 215 Å². The fourth-order valence-electron chi connectivity index (χ4n) is 4.51. The number of ether oxygens (including phenoxy) is 1. The topological polar surface area (TPSA) is 143 Å². The molecule has 0 radical (unpaired) electrons. The molecule has 0 spiro atoms. The molecule has 0 unspecified atom stereocenters. The Balaban J connectivity index is 1.81. The minimum absolute atomic E-state index is 0.0284. The van der Waals surface area contributed by atoms with Gasteiger partial charge in [0.1, 0.15) is 17.1 Å². The second-order valence-corrected chi connectivity index (χ2v) is 11.4. The quantitative estimate of drug-likeness (QED) is 0.403. The van der Waals surface area contributed by atoms with E-state index < -0.39 is 21.3 Å². The van der Waals surface area contributed by atoms with Crippen LogP contribution in [-0.2, 0) is 23.6 Å². The number of hydrogen-bond donors (Lipinski definition) is 2. The normalized spacial score (nSPS) is 15.6. The Morgan fingerprint density at radius 2 is 1.86 bits per heavy atom. The van der Waals surface area contributed by atoms with Crippen molar-refractivity contribution >= 4 is 21.2 Å². The molecule has 0 atom stereocenters. The van der Waals surface area contributed by atoms with Crippen LogP contribution in [0, 0.1) is 5.92 Å². The predicted molar refractivity (Wildman–Crippen MR) is 139 cm³/mol. The first kappa shape index (κ1) is 27.0. The zero-order valence-electron chi connectivity index (χ0n) is 21.6. The maximum absolute atomic E-state index is 13.5. The molecule has 37 heavy (non-hydrogen) atoms. The lowest BCUT2D eigenvalue weighted by atomic mass is 10.2. The van der Waals surface area contributed by atoms with E-state index in [4.69, 9.17) is 9.84 Å². The Morgan fingerprint density at radius 3 is 2.49 bits per heavy atom. The molecule has 2 aromatic heterocycles. The second-order valence-electron chi connectivity index (χ2n) is 9.50. The number of aromatic nitrogens is 4. The number of piperazine rings is 1. The van der Waals surface area contributed by atoms with Crippen LogP contribution in [0.25, 0.3) is 22.6 Å². The number of nitrogens with one attached hydrogen (secondary N) is 1. The summed E-state index contributed by atoms with van der Waals surface area (Å²) >= 11 is 0. The Bertz CT molecular complexity index is 1500. The van der Waals surface area contributed by atoms with Gasteiger partial charge in [0.15, 0.2) is 5.65 Å². The highest BCUT2D eigenvalue weighted by molar-refractivity contribution is 7.89. The molecule has 13 heteroatoms. The highest BCUT2D eigenvalue weighted by atomic mass is 32.2. The van der Waals surface area contributed by atoms with Gasteiger partial charge in [0, 0.05) is 46.3 Å². The first-order chi connectivity index (χ1) is 17.6. The van der Waals surface area contributed by atoms with E-state index in [0.717, 1.165) is 4.57 Å². The van der Waals surface area contributed by atoms with Crippen molar-refractivity contribution in [1.82, 2.24) is 28.3 Å². The number of imidazole rings is 1. The molecule has 3 heterocycles. The molecule has 1 saturated heterocycles. The number of sulfonamides is 1. The van der Waals surface area contributed by atoms with Crippen molar-refractivity contribution in [3.8, 4) is 17.1 Å². The monoisotopic (exact) mass is 534 g/mol. The van der Waals surface area contributed by atoms with Crippen molar-refractivity contribution < 1.29 is 18.3 Å². The van der Waals surface area contributed by atoms with Crippen LogP contribution in [0.15, 0.2) is 32.7 Å². The van der Waals surface area contributed by atoms with Crippen LogP contribution in [0.4, 0.5) is 0 Å². The van der Waals surface area contributed by atoms with Gasteiger partial charge in [-0.2, -0.15) is 4.31 Å². The minimum Gasteiger partial charge on any atom is -0.493 e. The molecule has 0 saturated carbocycles. The van der Waals surface area contributed by atoms with Gasteiger partial charge in [0.25, 0.3) is 5.56 Å². The number of benzene rings is 1. The number of β-amino-alcohol motifs (C(OH)–C–C–N with tert-alkyl or cyclic N) is 1. The molecule has 1 aromatic carbocycles. The predicted octanol–water partition coefficient (Wildman–Crippen LogP) is 0.444. The van der Waals surface area contributed by atoms with E-state index in [1.165, 1.54) is 28.1 Å². The van der Waals surface area contributed by atoms with E-state index in [1.807, 2.05) is 25.7 Å². The zero-order chi connectivity index (χ0) is 26.9. The van der Waals surface area contributed by atoms with Crippen LogP contribution in [0.3, 0.4) is 0 Å². The summed E-state index contributed by atoms with van der Waals surface area (Å²) in [5.41, 5.74) is -0.225. The van der Waals surface area contributed by atoms with Crippen LogP contribution in [0.1, 0.15) is 20.8 Å². The van der Waals surface area contributed by atoms with Gasteiger partial charge in [-0.15, -0.1) is 0 Å². The Hall–Kier alpha value is -3.00. The third kappa shape index (κ3) is 5.21. The number of hydrogen-bond acceptors (Lipinski definition) is 8. The number of fused-ring (bicyclic) bond motifs is 1. The summed E-state index contributed by atoms with van der Waals surface area (Å²) in [6.45, 7) is 8.66. The second kappa shape index (κ2) is 10.8. The molecule has 12 nitrogen and oxygen atoms in total. The summed E-state index contributed by atoms with van der Waals surface area (Å²) < 4.78 is 36.6. The summed E-state index contributed by atoms with van der Waals surface area (Å²) in [7, 11) is -2.40. The van der Waals surface area contributed by atoms with Crippen LogP contribution >= 0.6 is 0 Å². The third-order valence-electron chi connectivity index (χ3n) is 6.42. The molecular weight excluding hydrogens is 500 g/mol. The van der Waals surface area contributed by atoms with Gasteiger partial charge in [-0.1, -0.05) is 13.8 Å². The molecule has 1 fully saturated rings. The van der Waals surface area contributed by atoms with Crippen molar-refractivity contribution in [3.05, 3.63) is 39.0 Å². The van der Waals surface area contributed by atoms with Crippen molar-refractivity contribution in [1.29, 1.82) is 0 Å². The maximum atomic E-state index is 13.5. The average molecular weight is 535 g/mol. The fraction of sp³-hybridized carbons (Fsp3) is 0.542. The number of aromatic amines is 1. The number of aliphatic hydroxyl groups is 1. The number of nitrogens with zero attached hydrogens (tertiary/aromatic N) is 5. The molecule has 4 rings (SSSR count). The Kier molecular flexibility index (Phi) is 7.88. The van der Waals surface area contributed by atoms with Crippen molar-refractivity contribution in [2.45, 2.75) is 32.2 Å². The highest BCUT2D eigenvalue weighted by Crippen LogP contribution is 2.33.